The van der Waals surface area contributed by atoms with Crippen LogP contribution in [0.1, 0.15) is 24.1 Å². The quantitative estimate of drug-likeness (QED) is 0.756. The van der Waals surface area contributed by atoms with Crippen LogP contribution in [0.25, 0.3) is 16.9 Å². The normalized spacial score (nSPS) is 16.8. The summed E-state index contributed by atoms with van der Waals surface area (Å²) in [4.78, 5) is 9.10. The van der Waals surface area contributed by atoms with Crippen LogP contribution in [-0.4, -0.2) is 33.5 Å². The molecule has 7 nitrogen and oxygen atoms in total. The zero-order valence-electron chi connectivity index (χ0n) is 14.1. The lowest BCUT2D eigenvalue weighted by molar-refractivity contribution is 0.479. The van der Waals surface area contributed by atoms with E-state index in [0.717, 1.165) is 31.5 Å². The van der Waals surface area contributed by atoms with E-state index >= 15 is 0 Å². The highest BCUT2D eigenvalue weighted by atomic mass is 15.1. The number of nitriles is 2. The van der Waals surface area contributed by atoms with Gasteiger partial charge in [0.15, 0.2) is 11.5 Å². The van der Waals surface area contributed by atoms with Gasteiger partial charge in [-0.05, 0) is 31.5 Å². The minimum atomic E-state index is 0.287. The summed E-state index contributed by atoms with van der Waals surface area (Å²) in [7, 11) is 0. The first-order valence-electron chi connectivity index (χ1n) is 8.54. The van der Waals surface area contributed by atoms with Crippen molar-refractivity contribution in [3.63, 3.8) is 0 Å². The third-order valence-electron chi connectivity index (χ3n) is 4.53. The number of imidazole rings is 1. The largest absolute Gasteiger partial charge is 0.363 e. The van der Waals surface area contributed by atoms with Crippen LogP contribution in [0, 0.1) is 22.7 Å². The average molecular weight is 343 g/mol. The summed E-state index contributed by atoms with van der Waals surface area (Å²) < 4.78 is 1.75. The molecule has 3 heterocycles. The second kappa shape index (κ2) is 6.83. The molecule has 1 saturated heterocycles. The number of nitrogens with one attached hydrogen (secondary N) is 2. The zero-order chi connectivity index (χ0) is 17.9. The van der Waals surface area contributed by atoms with Crippen LogP contribution >= 0.6 is 0 Å². The first-order valence-corrected chi connectivity index (χ1v) is 8.54. The smallest absolute Gasteiger partial charge is 0.181 e. The Kier molecular flexibility index (Phi) is 4.22. The van der Waals surface area contributed by atoms with E-state index in [9.17, 15) is 5.26 Å². The minimum absolute atomic E-state index is 0.287. The molecule has 0 unspecified atom stereocenters. The van der Waals surface area contributed by atoms with Crippen LogP contribution in [0.3, 0.4) is 0 Å². The van der Waals surface area contributed by atoms with E-state index in [1.54, 1.807) is 22.7 Å². The molecule has 0 aliphatic carbocycles. The van der Waals surface area contributed by atoms with Gasteiger partial charge < -0.3 is 10.6 Å². The Hall–Kier alpha value is -3.42. The van der Waals surface area contributed by atoms with Crippen molar-refractivity contribution in [1.29, 1.82) is 10.5 Å². The maximum absolute atomic E-state index is 9.40. The molecule has 0 amide bonds. The van der Waals surface area contributed by atoms with Gasteiger partial charge in [0, 0.05) is 24.3 Å². The van der Waals surface area contributed by atoms with E-state index in [2.05, 4.69) is 32.7 Å². The summed E-state index contributed by atoms with van der Waals surface area (Å²) in [5.74, 6) is 0.667. The van der Waals surface area contributed by atoms with Gasteiger partial charge in [-0.3, -0.25) is 4.40 Å². The fourth-order valence-electron chi connectivity index (χ4n) is 3.22. The lowest BCUT2D eigenvalue weighted by Gasteiger charge is -2.24. The maximum Gasteiger partial charge on any atom is 0.181 e. The third kappa shape index (κ3) is 2.97. The van der Waals surface area contributed by atoms with Gasteiger partial charge in [-0.2, -0.15) is 10.5 Å². The topological polar surface area (TPSA) is 102 Å². The van der Waals surface area contributed by atoms with E-state index in [4.69, 9.17) is 5.26 Å². The molecule has 0 saturated carbocycles. The molecule has 2 aromatic heterocycles. The number of fused-ring (bicyclic) bond motifs is 1. The summed E-state index contributed by atoms with van der Waals surface area (Å²) in [6.07, 6.45) is 5.56. The predicted octanol–water partition coefficient (Wildman–Crippen LogP) is 2.30. The van der Waals surface area contributed by atoms with E-state index < -0.39 is 0 Å². The van der Waals surface area contributed by atoms with Gasteiger partial charge in [0.1, 0.15) is 11.8 Å². The first kappa shape index (κ1) is 16.1. The Morgan fingerprint density at radius 2 is 2.19 bits per heavy atom. The molecule has 1 fully saturated rings. The van der Waals surface area contributed by atoms with Gasteiger partial charge in [-0.15, -0.1) is 0 Å². The predicted molar refractivity (Wildman–Crippen MR) is 97.4 cm³/mol. The van der Waals surface area contributed by atoms with Gasteiger partial charge in [-0.1, -0.05) is 12.1 Å². The number of nitrogens with zero attached hydrogens (tertiary/aromatic N) is 5. The van der Waals surface area contributed by atoms with Crippen molar-refractivity contribution < 1.29 is 0 Å². The van der Waals surface area contributed by atoms with E-state index in [1.807, 2.05) is 18.3 Å². The number of rotatable bonds is 3. The lowest BCUT2D eigenvalue weighted by atomic mass is 10.1. The molecule has 0 spiro atoms. The molecule has 1 aliphatic rings. The molecule has 128 valence electrons. The van der Waals surface area contributed by atoms with Gasteiger partial charge in [0.05, 0.1) is 23.5 Å². The van der Waals surface area contributed by atoms with Crippen molar-refractivity contribution >= 4 is 11.5 Å². The van der Waals surface area contributed by atoms with Crippen LogP contribution in [0.4, 0.5) is 5.82 Å². The van der Waals surface area contributed by atoms with Crippen LogP contribution in [0.15, 0.2) is 36.7 Å². The Bertz CT molecular complexity index is 1030. The van der Waals surface area contributed by atoms with Crippen LogP contribution < -0.4 is 10.6 Å². The molecule has 1 aliphatic heterocycles. The van der Waals surface area contributed by atoms with Crippen molar-refractivity contribution in [1.82, 2.24) is 19.7 Å². The molecular weight excluding hydrogens is 326 g/mol. The Labute approximate surface area is 150 Å². The number of benzene rings is 1. The van der Waals surface area contributed by atoms with Gasteiger partial charge in [0.25, 0.3) is 0 Å². The summed E-state index contributed by atoms with van der Waals surface area (Å²) in [5.41, 5.74) is 3.15. The molecule has 2 N–H and O–H groups in total. The SMILES string of the molecule is N#Cc1cccc(-c2cn3c(C#N)cnc(N[C@H]4CCCNC4)c3n2)c1. The molecule has 26 heavy (non-hydrogen) atoms. The maximum atomic E-state index is 9.40. The summed E-state index contributed by atoms with van der Waals surface area (Å²) in [6, 6.07) is 11.9. The Balaban J connectivity index is 1.78. The monoisotopic (exact) mass is 343 g/mol. The molecule has 0 radical (unpaired) electrons. The molecule has 0 bridgehead atoms. The molecule has 4 rings (SSSR count). The average Bonchev–Trinajstić information content (AvgIpc) is 3.15. The fourth-order valence-corrected chi connectivity index (χ4v) is 3.22. The number of hydrogen-bond donors (Lipinski definition) is 2. The van der Waals surface area contributed by atoms with E-state index in [-0.39, 0.29) is 6.04 Å². The number of aromatic nitrogens is 3. The van der Waals surface area contributed by atoms with E-state index in [1.165, 1.54) is 0 Å². The second-order valence-electron chi connectivity index (χ2n) is 6.30. The first-order chi connectivity index (χ1) is 12.8. The molecule has 1 atom stereocenters. The Morgan fingerprint density at radius 3 is 2.96 bits per heavy atom. The number of hydrogen-bond acceptors (Lipinski definition) is 6. The highest BCUT2D eigenvalue weighted by Gasteiger charge is 2.17. The highest BCUT2D eigenvalue weighted by molar-refractivity contribution is 5.71. The lowest BCUT2D eigenvalue weighted by Crippen LogP contribution is -2.38. The Morgan fingerprint density at radius 1 is 1.27 bits per heavy atom. The van der Waals surface area contributed by atoms with Crippen LogP contribution in [0.5, 0.6) is 0 Å². The van der Waals surface area contributed by atoms with Crippen molar-refractivity contribution in [2.45, 2.75) is 18.9 Å². The van der Waals surface area contributed by atoms with Crippen LogP contribution in [0.2, 0.25) is 0 Å². The van der Waals surface area contributed by atoms with Crippen molar-refractivity contribution in [2.24, 2.45) is 0 Å². The van der Waals surface area contributed by atoms with Gasteiger partial charge in [0.2, 0.25) is 0 Å². The second-order valence-corrected chi connectivity index (χ2v) is 6.30. The molecule has 1 aromatic carbocycles. The summed E-state index contributed by atoms with van der Waals surface area (Å²) in [5, 5.41) is 25.3. The highest BCUT2D eigenvalue weighted by Crippen LogP contribution is 2.24. The van der Waals surface area contributed by atoms with Gasteiger partial charge >= 0.3 is 0 Å². The van der Waals surface area contributed by atoms with Crippen molar-refractivity contribution in [3.05, 3.63) is 47.9 Å². The summed E-state index contributed by atoms with van der Waals surface area (Å²) >= 11 is 0. The number of anilines is 1. The van der Waals surface area contributed by atoms with Crippen LogP contribution in [-0.2, 0) is 0 Å². The molecule has 7 heteroatoms. The van der Waals surface area contributed by atoms with Crippen molar-refractivity contribution in [2.75, 3.05) is 18.4 Å². The van der Waals surface area contributed by atoms with Gasteiger partial charge in [-0.25, -0.2) is 9.97 Å². The molecule has 3 aromatic rings. The molecular formula is C19H17N7. The van der Waals surface area contributed by atoms with Crippen molar-refractivity contribution in [3.8, 4) is 23.4 Å². The third-order valence-corrected chi connectivity index (χ3v) is 4.53. The van der Waals surface area contributed by atoms with E-state index in [0.29, 0.717) is 28.4 Å². The fraction of sp³-hybridized carbons (Fsp3) is 0.263. The standard InChI is InChI=1S/C19H17N7/c20-8-13-3-1-4-14(7-13)17-12-26-16(9-21)11-23-18(19(26)25-17)24-15-5-2-6-22-10-15/h1,3-4,7,11-12,15,22H,2,5-6,10H2,(H,23,24)/t15-/m0/s1. The zero-order valence-corrected chi connectivity index (χ0v) is 14.1. The minimum Gasteiger partial charge on any atom is -0.363 e. The number of piperidine rings is 1. The summed E-state index contributed by atoms with van der Waals surface area (Å²) in [6.45, 7) is 1.92.